The number of amides is 1. The second-order valence-corrected chi connectivity index (χ2v) is 12.5. The van der Waals surface area contributed by atoms with Gasteiger partial charge in [-0.2, -0.15) is 0 Å². The number of benzene rings is 2. The zero-order valence-electron chi connectivity index (χ0n) is 22.0. The molecule has 7 rings (SSSR count). The van der Waals surface area contributed by atoms with Crippen molar-refractivity contribution in [2.24, 2.45) is 0 Å². The number of hydrogen-bond acceptors (Lipinski definition) is 5. The minimum Gasteiger partial charge on any atom is -0.438 e. The number of carbonyl (C=O) groups excluding carboxylic acids is 1. The Hall–Kier alpha value is -2.87. The van der Waals surface area contributed by atoms with Crippen molar-refractivity contribution < 1.29 is 9.53 Å². The van der Waals surface area contributed by atoms with Crippen LogP contribution in [-0.4, -0.2) is 51.2 Å². The number of thioether (sulfide) groups is 1. The van der Waals surface area contributed by atoms with Gasteiger partial charge in [-0.1, -0.05) is 81.2 Å². The van der Waals surface area contributed by atoms with Crippen LogP contribution in [0.1, 0.15) is 55.1 Å². The molecule has 1 aliphatic carbocycles. The second-order valence-electron chi connectivity index (χ2n) is 10.8. The topological polar surface area (TPSA) is 48.6 Å². The summed E-state index contributed by atoms with van der Waals surface area (Å²) in [5.41, 5.74) is 6.91. The SMILES string of the molecule is CCc1ccc2c3[nH]c(c4c5cccc(C(C)C)c5c(C5SC(=S)N(CCCN6CC=CC6)C5=O)c-4c13)O2. The van der Waals surface area contributed by atoms with Gasteiger partial charge >= 0.3 is 0 Å². The summed E-state index contributed by atoms with van der Waals surface area (Å²) in [5.74, 6) is 2.07. The minimum atomic E-state index is -0.360. The summed E-state index contributed by atoms with van der Waals surface area (Å²) in [6, 6.07) is 10.8. The fraction of sp³-hybridized carbons (Fsp3) is 0.355. The lowest BCUT2D eigenvalue weighted by Crippen LogP contribution is -2.33. The van der Waals surface area contributed by atoms with Gasteiger partial charge in [0.05, 0.1) is 11.1 Å². The van der Waals surface area contributed by atoms with E-state index < -0.39 is 0 Å². The van der Waals surface area contributed by atoms with E-state index in [1.807, 2.05) is 4.90 Å². The van der Waals surface area contributed by atoms with Crippen molar-refractivity contribution in [3.63, 3.8) is 0 Å². The first-order valence-electron chi connectivity index (χ1n) is 13.6. The molecule has 5 aliphatic rings. The maximum atomic E-state index is 14.2. The van der Waals surface area contributed by atoms with E-state index in [1.165, 1.54) is 21.9 Å². The van der Waals surface area contributed by atoms with Crippen LogP contribution in [0.15, 0.2) is 42.5 Å². The Balaban J connectivity index is 1.41. The maximum Gasteiger partial charge on any atom is 0.246 e. The number of rotatable bonds is 7. The number of hydrogen-bond donors (Lipinski definition) is 1. The average Bonchev–Trinajstić information content (AvgIpc) is 3.68. The highest BCUT2D eigenvalue weighted by molar-refractivity contribution is 8.24. The fourth-order valence-corrected chi connectivity index (χ4v) is 8.04. The van der Waals surface area contributed by atoms with Crippen molar-refractivity contribution in [2.45, 2.75) is 44.8 Å². The van der Waals surface area contributed by atoms with Gasteiger partial charge in [0.25, 0.3) is 0 Å². The molecule has 2 aromatic rings. The summed E-state index contributed by atoms with van der Waals surface area (Å²) in [4.78, 5) is 22.0. The lowest BCUT2D eigenvalue weighted by Gasteiger charge is -2.19. The van der Waals surface area contributed by atoms with Crippen molar-refractivity contribution in [3.8, 4) is 22.8 Å². The molecule has 1 amide bonds. The van der Waals surface area contributed by atoms with Crippen LogP contribution >= 0.6 is 24.0 Å². The average molecular weight is 542 g/mol. The smallest absolute Gasteiger partial charge is 0.246 e. The molecule has 0 saturated carbocycles. The molecule has 5 nitrogen and oxygen atoms in total. The lowest BCUT2D eigenvalue weighted by atomic mass is 9.93. The van der Waals surface area contributed by atoms with Crippen molar-refractivity contribution in [1.82, 2.24) is 14.8 Å². The molecule has 0 spiro atoms. The Labute approximate surface area is 232 Å². The summed E-state index contributed by atoms with van der Waals surface area (Å²) >= 11 is 7.39. The van der Waals surface area contributed by atoms with Gasteiger partial charge in [-0.25, -0.2) is 0 Å². The normalized spacial score (nSPS) is 19.1. The van der Waals surface area contributed by atoms with E-state index in [1.54, 1.807) is 11.8 Å². The molecule has 1 N–H and O–H groups in total. The molecule has 2 aromatic carbocycles. The van der Waals surface area contributed by atoms with Crippen molar-refractivity contribution in [2.75, 3.05) is 26.2 Å². The van der Waals surface area contributed by atoms with E-state index in [4.69, 9.17) is 17.0 Å². The van der Waals surface area contributed by atoms with E-state index in [0.29, 0.717) is 16.8 Å². The van der Waals surface area contributed by atoms with E-state index in [-0.39, 0.29) is 11.2 Å². The predicted octanol–water partition coefficient (Wildman–Crippen LogP) is 7.38. The number of ether oxygens (including phenoxy) is 1. The number of aryl methyl sites for hydroxylation is 1. The Morgan fingerprint density at radius 1 is 1.11 bits per heavy atom. The number of H-pyrrole nitrogens is 1. The van der Waals surface area contributed by atoms with Crippen molar-refractivity contribution in [3.05, 3.63) is 59.2 Å². The van der Waals surface area contributed by atoms with Gasteiger partial charge in [0.1, 0.15) is 9.57 Å². The van der Waals surface area contributed by atoms with Crippen LogP contribution in [0.3, 0.4) is 0 Å². The predicted molar refractivity (Wildman–Crippen MR) is 161 cm³/mol. The van der Waals surface area contributed by atoms with E-state index >= 15 is 0 Å². The molecular weight excluding hydrogens is 510 g/mol. The molecule has 0 radical (unpaired) electrons. The number of aromatic amines is 1. The summed E-state index contributed by atoms with van der Waals surface area (Å²) in [5, 5.41) is 3.16. The van der Waals surface area contributed by atoms with Crippen LogP contribution in [0.25, 0.3) is 32.8 Å². The third kappa shape index (κ3) is 3.48. The highest BCUT2D eigenvalue weighted by Gasteiger charge is 2.43. The summed E-state index contributed by atoms with van der Waals surface area (Å²) < 4.78 is 7.05. The number of pyridine rings is 1. The number of aromatic nitrogens is 1. The molecule has 4 aliphatic heterocycles. The van der Waals surface area contributed by atoms with Crippen molar-refractivity contribution >= 4 is 55.9 Å². The summed E-state index contributed by atoms with van der Waals surface area (Å²) in [6.07, 6.45) is 6.23. The first-order chi connectivity index (χ1) is 18.5. The van der Waals surface area contributed by atoms with Gasteiger partial charge in [0.15, 0.2) is 5.75 Å². The number of carbonyl (C=O) groups is 1. The van der Waals surface area contributed by atoms with Crippen LogP contribution in [0.4, 0.5) is 0 Å². The molecule has 2 bridgehead atoms. The monoisotopic (exact) mass is 541 g/mol. The number of thiocarbonyl (C=S) groups is 1. The first kappa shape index (κ1) is 24.2. The fourth-order valence-electron chi connectivity index (χ4n) is 6.48. The molecule has 1 unspecified atom stereocenters. The zero-order chi connectivity index (χ0) is 26.1. The van der Waals surface area contributed by atoms with E-state index in [9.17, 15) is 4.79 Å². The van der Waals surface area contributed by atoms with Gasteiger partial charge in [-0.15, -0.1) is 0 Å². The molecule has 1 saturated heterocycles. The third-order valence-electron chi connectivity index (χ3n) is 8.28. The van der Waals surface area contributed by atoms with Gasteiger partial charge < -0.3 is 9.72 Å². The quantitative estimate of drug-likeness (QED) is 0.172. The summed E-state index contributed by atoms with van der Waals surface area (Å²) in [7, 11) is 0. The molecule has 7 heteroatoms. The Morgan fingerprint density at radius 2 is 1.92 bits per heavy atom. The largest absolute Gasteiger partial charge is 0.438 e. The van der Waals surface area contributed by atoms with Gasteiger partial charge in [-0.3, -0.25) is 14.6 Å². The van der Waals surface area contributed by atoms with E-state index in [2.05, 4.69) is 73.1 Å². The number of nitrogens with zero attached hydrogens (tertiary/aromatic N) is 2. The molecule has 194 valence electrons. The van der Waals surface area contributed by atoms with Crippen LogP contribution in [0.5, 0.6) is 11.6 Å². The highest BCUT2D eigenvalue weighted by atomic mass is 32.2. The Kier molecular flexibility index (Phi) is 5.80. The molecular formula is C31H31N3O2S2. The van der Waals surface area contributed by atoms with Crippen LogP contribution < -0.4 is 4.74 Å². The van der Waals surface area contributed by atoms with Gasteiger partial charge in [-0.05, 0) is 52.3 Å². The second kappa shape index (κ2) is 9.11. The number of nitrogens with one attached hydrogen (secondary N) is 1. The van der Waals surface area contributed by atoms with Gasteiger partial charge in [0, 0.05) is 37.1 Å². The van der Waals surface area contributed by atoms with Crippen LogP contribution in [0, 0.1) is 0 Å². The Morgan fingerprint density at radius 3 is 2.68 bits per heavy atom. The highest BCUT2D eigenvalue weighted by Crippen LogP contribution is 2.58. The van der Waals surface area contributed by atoms with Crippen LogP contribution in [0.2, 0.25) is 0 Å². The molecule has 0 aromatic heterocycles. The van der Waals surface area contributed by atoms with Crippen molar-refractivity contribution in [1.29, 1.82) is 0 Å². The molecule has 4 heterocycles. The van der Waals surface area contributed by atoms with Gasteiger partial charge in [0.2, 0.25) is 11.8 Å². The molecule has 1 atom stereocenters. The minimum absolute atomic E-state index is 0.115. The standard InChI is InChI=1S/C31H31N3O2S2/c1-4-18-11-12-21-27-22(18)25-24(29(32-27)36-21)20-10-7-9-19(17(2)3)23(20)26(25)28-30(35)34(31(37)38-28)16-8-15-33-13-5-6-14-33/h5-7,9-12,17,28,32H,4,8,13-16H2,1-3H3. The Bertz CT molecular complexity index is 1630. The van der Waals surface area contributed by atoms with E-state index in [0.717, 1.165) is 71.7 Å². The van der Waals surface area contributed by atoms with Crippen LogP contribution in [-0.2, 0) is 11.2 Å². The zero-order valence-corrected chi connectivity index (χ0v) is 23.6. The molecule has 1 fully saturated rings. The number of fused-ring (bicyclic) bond motifs is 6. The first-order valence-corrected chi connectivity index (χ1v) is 14.9. The summed E-state index contributed by atoms with van der Waals surface area (Å²) in [6.45, 7) is 10.3. The maximum absolute atomic E-state index is 14.2. The lowest BCUT2D eigenvalue weighted by molar-refractivity contribution is -0.126. The third-order valence-corrected chi connectivity index (χ3v) is 9.88. The molecule has 38 heavy (non-hydrogen) atoms.